The number of amides is 1. The van der Waals surface area contributed by atoms with E-state index in [1.54, 1.807) is 17.0 Å². The normalized spacial score (nSPS) is 19.2. The van der Waals surface area contributed by atoms with Crippen molar-refractivity contribution in [2.75, 3.05) is 18.8 Å². The molecule has 1 aliphatic heterocycles. The second-order valence-electron chi connectivity index (χ2n) is 6.56. The van der Waals surface area contributed by atoms with E-state index in [2.05, 4.69) is 4.98 Å². The van der Waals surface area contributed by atoms with Gasteiger partial charge in [0.25, 0.3) is 0 Å². The summed E-state index contributed by atoms with van der Waals surface area (Å²) in [4.78, 5) is 17.8. The molecule has 2 rings (SSSR count). The van der Waals surface area contributed by atoms with Crippen LogP contribution in [0, 0.1) is 17.2 Å². The number of pyridine rings is 1. The summed E-state index contributed by atoms with van der Waals surface area (Å²) in [7, 11) is -1.34. The summed E-state index contributed by atoms with van der Waals surface area (Å²) < 4.78 is 17.8. The molecule has 124 valence electrons. The van der Waals surface area contributed by atoms with Crippen LogP contribution in [0.25, 0.3) is 0 Å². The van der Waals surface area contributed by atoms with Crippen molar-refractivity contribution in [3.63, 3.8) is 0 Å². The lowest BCUT2D eigenvalue weighted by Gasteiger charge is -2.24. The molecule has 0 saturated carbocycles. The number of ether oxygens (including phenoxy) is 1. The molecule has 1 amide bonds. The lowest BCUT2D eigenvalue weighted by atomic mass is 10.2. The smallest absolute Gasteiger partial charge is 0.410 e. The summed E-state index contributed by atoms with van der Waals surface area (Å²) in [5.41, 5.74) is -0.180. The zero-order valence-electron chi connectivity index (χ0n) is 13.6. The van der Waals surface area contributed by atoms with Gasteiger partial charge in [0.05, 0.1) is 16.4 Å². The van der Waals surface area contributed by atoms with Gasteiger partial charge in [-0.2, -0.15) is 5.26 Å². The van der Waals surface area contributed by atoms with Gasteiger partial charge >= 0.3 is 6.09 Å². The van der Waals surface area contributed by atoms with Gasteiger partial charge in [0, 0.05) is 25.0 Å². The van der Waals surface area contributed by atoms with Crippen molar-refractivity contribution in [2.45, 2.75) is 37.8 Å². The maximum atomic E-state index is 12.4. The van der Waals surface area contributed by atoms with Crippen LogP contribution in [0.1, 0.15) is 32.8 Å². The van der Waals surface area contributed by atoms with Crippen molar-refractivity contribution in [2.24, 2.45) is 5.92 Å². The van der Waals surface area contributed by atoms with E-state index in [9.17, 15) is 9.00 Å². The van der Waals surface area contributed by atoms with Crippen LogP contribution >= 0.6 is 0 Å². The van der Waals surface area contributed by atoms with Crippen molar-refractivity contribution < 1.29 is 13.7 Å². The third-order valence-corrected chi connectivity index (χ3v) is 4.96. The molecule has 0 spiro atoms. The molecule has 0 bridgehead atoms. The molecule has 6 nitrogen and oxygen atoms in total. The molecule has 2 atom stereocenters. The molecule has 0 aromatic carbocycles. The fourth-order valence-electron chi connectivity index (χ4n) is 2.41. The average molecular weight is 335 g/mol. The monoisotopic (exact) mass is 335 g/mol. The maximum absolute atomic E-state index is 12.4. The Labute approximate surface area is 138 Å². The SMILES string of the molecule is CC(C)(C)OC(=O)N1CCC(CS(=O)c2ncccc2C#N)C1. The highest BCUT2D eigenvalue weighted by Crippen LogP contribution is 2.22. The second kappa shape index (κ2) is 7.09. The zero-order chi connectivity index (χ0) is 17.0. The van der Waals surface area contributed by atoms with Crippen molar-refractivity contribution in [1.82, 2.24) is 9.88 Å². The number of rotatable bonds is 3. The lowest BCUT2D eigenvalue weighted by molar-refractivity contribution is 0.0289. The quantitative estimate of drug-likeness (QED) is 0.846. The van der Waals surface area contributed by atoms with Gasteiger partial charge in [-0.15, -0.1) is 0 Å². The Bertz CT molecular complexity index is 649. The van der Waals surface area contributed by atoms with Gasteiger partial charge < -0.3 is 9.64 Å². The lowest BCUT2D eigenvalue weighted by Crippen LogP contribution is -2.35. The Morgan fingerprint density at radius 3 is 2.96 bits per heavy atom. The highest BCUT2D eigenvalue weighted by Gasteiger charge is 2.31. The van der Waals surface area contributed by atoms with E-state index < -0.39 is 16.4 Å². The van der Waals surface area contributed by atoms with Crippen LogP contribution in [-0.2, 0) is 15.5 Å². The topological polar surface area (TPSA) is 83.3 Å². The minimum Gasteiger partial charge on any atom is -0.444 e. The van der Waals surface area contributed by atoms with E-state index >= 15 is 0 Å². The zero-order valence-corrected chi connectivity index (χ0v) is 14.4. The molecule has 2 heterocycles. The Kier molecular flexibility index (Phi) is 5.37. The van der Waals surface area contributed by atoms with Gasteiger partial charge in [0.15, 0.2) is 0 Å². The van der Waals surface area contributed by atoms with Crippen LogP contribution in [0.3, 0.4) is 0 Å². The summed E-state index contributed by atoms with van der Waals surface area (Å²) in [6, 6.07) is 5.28. The summed E-state index contributed by atoms with van der Waals surface area (Å²) in [6.45, 7) is 6.62. The first-order valence-electron chi connectivity index (χ1n) is 7.51. The van der Waals surface area contributed by atoms with Crippen LogP contribution in [0.4, 0.5) is 4.79 Å². The minimum absolute atomic E-state index is 0.122. The number of hydrogen-bond acceptors (Lipinski definition) is 5. The van der Waals surface area contributed by atoms with Crippen molar-refractivity contribution in [3.05, 3.63) is 23.9 Å². The molecule has 1 aliphatic rings. The Morgan fingerprint density at radius 1 is 1.57 bits per heavy atom. The second-order valence-corrected chi connectivity index (χ2v) is 7.97. The van der Waals surface area contributed by atoms with E-state index in [-0.39, 0.29) is 12.0 Å². The van der Waals surface area contributed by atoms with Crippen LogP contribution in [-0.4, -0.2) is 44.6 Å². The van der Waals surface area contributed by atoms with Gasteiger partial charge in [-0.25, -0.2) is 9.78 Å². The van der Waals surface area contributed by atoms with Gasteiger partial charge in [-0.3, -0.25) is 4.21 Å². The standard InChI is InChI=1S/C16H21N3O3S/c1-16(2,3)22-15(20)19-8-6-12(10-19)11-23(21)14-13(9-17)5-4-7-18-14/h4-5,7,12H,6,8,10-11H2,1-3H3. The molecular weight excluding hydrogens is 314 g/mol. The van der Waals surface area contributed by atoms with Crippen LogP contribution in [0.2, 0.25) is 0 Å². The van der Waals surface area contributed by atoms with Crippen LogP contribution < -0.4 is 0 Å². The first-order chi connectivity index (χ1) is 10.8. The first-order valence-corrected chi connectivity index (χ1v) is 8.83. The molecule has 0 N–H and O–H groups in total. The summed E-state index contributed by atoms with van der Waals surface area (Å²) >= 11 is 0. The van der Waals surface area contributed by atoms with Gasteiger partial charge in [0.1, 0.15) is 16.7 Å². The molecular formula is C16H21N3O3S. The predicted molar refractivity (Wildman–Crippen MR) is 86.1 cm³/mol. The Balaban J connectivity index is 1.94. The first kappa shape index (κ1) is 17.4. The van der Waals surface area contributed by atoms with Crippen LogP contribution in [0.15, 0.2) is 23.4 Å². The van der Waals surface area contributed by atoms with E-state index in [4.69, 9.17) is 10.00 Å². The summed E-state index contributed by atoms with van der Waals surface area (Å²) in [6.07, 6.45) is 1.98. The highest BCUT2D eigenvalue weighted by molar-refractivity contribution is 7.85. The van der Waals surface area contributed by atoms with Crippen molar-refractivity contribution in [3.8, 4) is 6.07 Å². The number of hydrogen-bond donors (Lipinski definition) is 0. The number of likely N-dealkylation sites (tertiary alicyclic amines) is 1. The van der Waals surface area contributed by atoms with Crippen molar-refractivity contribution in [1.29, 1.82) is 5.26 Å². The number of nitrogens with zero attached hydrogens (tertiary/aromatic N) is 3. The number of aromatic nitrogens is 1. The molecule has 23 heavy (non-hydrogen) atoms. The molecule has 1 saturated heterocycles. The van der Waals surface area contributed by atoms with E-state index in [0.717, 1.165) is 6.42 Å². The van der Waals surface area contributed by atoms with Gasteiger partial charge in [-0.05, 0) is 45.2 Å². The summed E-state index contributed by atoms with van der Waals surface area (Å²) in [5, 5.41) is 9.38. The van der Waals surface area contributed by atoms with E-state index in [1.807, 2.05) is 26.8 Å². The summed E-state index contributed by atoms with van der Waals surface area (Å²) in [5.74, 6) is 0.516. The fourth-order valence-corrected chi connectivity index (χ4v) is 3.81. The Hall–Kier alpha value is -1.94. The van der Waals surface area contributed by atoms with E-state index in [1.165, 1.54) is 6.20 Å². The fraction of sp³-hybridized carbons (Fsp3) is 0.562. The maximum Gasteiger partial charge on any atom is 0.410 e. The van der Waals surface area contributed by atoms with E-state index in [0.29, 0.717) is 29.4 Å². The number of nitriles is 1. The molecule has 0 aliphatic carbocycles. The molecule has 2 unspecified atom stereocenters. The molecule has 1 aromatic rings. The average Bonchev–Trinajstić information content (AvgIpc) is 2.94. The third kappa shape index (κ3) is 4.76. The van der Waals surface area contributed by atoms with Crippen LogP contribution in [0.5, 0.6) is 0 Å². The molecule has 1 fully saturated rings. The molecule has 1 aromatic heterocycles. The predicted octanol–water partition coefficient (Wildman–Crippen LogP) is 2.32. The number of carbonyl (C=O) groups is 1. The highest BCUT2D eigenvalue weighted by atomic mass is 32.2. The van der Waals surface area contributed by atoms with Gasteiger partial charge in [-0.1, -0.05) is 0 Å². The number of carbonyl (C=O) groups excluding carboxylic acids is 1. The molecule has 0 radical (unpaired) electrons. The minimum atomic E-state index is -1.34. The largest absolute Gasteiger partial charge is 0.444 e. The van der Waals surface area contributed by atoms with Crippen molar-refractivity contribution >= 4 is 16.9 Å². The third-order valence-electron chi connectivity index (χ3n) is 3.43. The van der Waals surface area contributed by atoms with Gasteiger partial charge in [0.2, 0.25) is 0 Å². The molecule has 7 heteroatoms. The Morgan fingerprint density at radius 2 is 2.30 bits per heavy atom.